The molecule has 126 valence electrons. The van der Waals surface area contributed by atoms with Crippen molar-refractivity contribution in [3.05, 3.63) is 35.4 Å². The number of rotatable bonds is 5. The Labute approximate surface area is 138 Å². The van der Waals surface area contributed by atoms with Crippen molar-refractivity contribution < 1.29 is 9.90 Å². The third kappa shape index (κ3) is 4.31. The molecule has 1 heterocycles. The van der Waals surface area contributed by atoms with Gasteiger partial charge < -0.3 is 10.8 Å². The van der Waals surface area contributed by atoms with Crippen molar-refractivity contribution in [3.8, 4) is 0 Å². The zero-order valence-corrected chi connectivity index (χ0v) is 13.7. The molecule has 5 heteroatoms. The highest BCUT2D eigenvalue weighted by Gasteiger charge is 2.30. The highest BCUT2D eigenvalue weighted by atomic mass is 16.3. The van der Waals surface area contributed by atoms with Gasteiger partial charge in [-0.15, -0.1) is 0 Å². The summed E-state index contributed by atoms with van der Waals surface area (Å²) in [5, 5.41) is 10.3. The van der Waals surface area contributed by atoms with E-state index in [0.29, 0.717) is 19.0 Å². The summed E-state index contributed by atoms with van der Waals surface area (Å²) < 4.78 is 0. The number of carbonyl (C=O) groups excluding carboxylic acids is 1. The standard InChI is InChI=1S/C18H27N3O2/c19-18(23)6-3-7-20-8-9-21(13-17(22)12-20)16-10-14-4-1-2-5-15(14)11-16/h1-2,4-5,16-17,22H,3,6-13H2,(H2,19,23). The number of hydrogen-bond acceptors (Lipinski definition) is 4. The van der Waals surface area contributed by atoms with Gasteiger partial charge in [0.15, 0.2) is 0 Å². The lowest BCUT2D eigenvalue weighted by atomic mass is 10.1. The van der Waals surface area contributed by atoms with Crippen molar-refractivity contribution in [2.45, 2.75) is 37.8 Å². The topological polar surface area (TPSA) is 69.8 Å². The Balaban J connectivity index is 1.54. The first-order valence-electron chi connectivity index (χ1n) is 8.61. The SMILES string of the molecule is NC(=O)CCCN1CCN(C2Cc3ccccc3C2)CC(O)C1. The monoisotopic (exact) mass is 317 g/mol. The summed E-state index contributed by atoms with van der Waals surface area (Å²) in [4.78, 5) is 15.6. The summed E-state index contributed by atoms with van der Waals surface area (Å²) in [5.74, 6) is -0.245. The van der Waals surface area contributed by atoms with Crippen molar-refractivity contribution >= 4 is 5.91 Å². The average Bonchev–Trinajstić information content (AvgIpc) is 2.85. The van der Waals surface area contributed by atoms with E-state index >= 15 is 0 Å². The third-order valence-electron chi connectivity index (χ3n) is 5.06. The van der Waals surface area contributed by atoms with Crippen LogP contribution in [0, 0.1) is 0 Å². The number of β-amino-alcohol motifs (C(OH)–C–C–N with tert-alkyl or cyclic N) is 1. The van der Waals surface area contributed by atoms with Crippen molar-refractivity contribution in [1.29, 1.82) is 0 Å². The summed E-state index contributed by atoms with van der Waals surface area (Å²) >= 11 is 0. The molecular formula is C18H27N3O2. The number of carbonyl (C=O) groups is 1. The Bertz CT molecular complexity index is 524. The Kier molecular flexibility index (Phi) is 5.30. The van der Waals surface area contributed by atoms with Crippen molar-refractivity contribution in [3.63, 3.8) is 0 Å². The van der Waals surface area contributed by atoms with E-state index in [9.17, 15) is 9.90 Å². The molecule has 3 rings (SSSR count). The van der Waals surface area contributed by atoms with Crippen LogP contribution in [0.4, 0.5) is 0 Å². The molecular weight excluding hydrogens is 290 g/mol. The normalized spacial score (nSPS) is 23.6. The van der Waals surface area contributed by atoms with Crippen molar-refractivity contribution in [2.75, 3.05) is 32.7 Å². The Morgan fingerprint density at radius 2 is 1.87 bits per heavy atom. The van der Waals surface area contributed by atoms with E-state index in [-0.39, 0.29) is 12.0 Å². The third-order valence-corrected chi connectivity index (χ3v) is 5.06. The molecule has 0 aromatic heterocycles. The lowest BCUT2D eigenvalue weighted by Gasteiger charge is -2.28. The second-order valence-electron chi connectivity index (χ2n) is 6.85. The van der Waals surface area contributed by atoms with Crippen molar-refractivity contribution in [1.82, 2.24) is 9.80 Å². The maximum absolute atomic E-state index is 10.9. The maximum Gasteiger partial charge on any atom is 0.217 e. The molecule has 1 saturated heterocycles. The fraction of sp³-hybridized carbons (Fsp3) is 0.611. The van der Waals surface area contributed by atoms with Gasteiger partial charge in [-0.05, 0) is 36.9 Å². The van der Waals surface area contributed by atoms with E-state index < -0.39 is 0 Å². The van der Waals surface area contributed by atoms with E-state index in [2.05, 4.69) is 34.1 Å². The highest BCUT2D eigenvalue weighted by Crippen LogP contribution is 2.26. The van der Waals surface area contributed by atoms with Crippen LogP contribution in [0.2, 0.25) is 0 Å². The Hall–Kier alpha value is -1.43. The molecule has 3 N–H and O–H groups in total. The van der Waals surface area contributed by atoms with E-state index in [4.69, 9.17) is 5.73 Å². The van der Waals surface area contributed by atoms with Gasteiger partial charge in [0.25, 0.3) is 0 Å². The summed E-state index contributed by atoms with van der Waals surface area (Å²) in [6.07, 6.45) is 3.05. The van der Waals surface area contributed by atoms with Crippen LogP contribution >= 0.6 is 0 Å². The molecule has 1 amide bonds. The largest absolute Gasteiger partial charge is 0.390 e. The number of aliphatic hydroxyl groups is 1. The minimum atomic E-state index is -0.324. The number of primary amides is 1. The number of fused-ring (bicyclic) bond motifs is 1. The first kappa shape index (κ1) is 16.4. The van der Waals surface area contributed by atoms with Gasteiger partial charge in [0.1, 0.15) is 0 Å². The molecule has 23 heavy (non-hydrogen) atoms. The Morgan fingerprint density at radius 1 is 1.17 bits per heavy atom. The fourth-order valence-corrected chi connectivity index (χ4v) is 3.88. The van der Waals surface area contributed by atoms with Gasteiger partial charge in [-0.2, -0.15) is 0 Å². The lowest BCUT2D eigenvalue weighted by molar-refractivity contribution is -0.118. The molecule has 1 aliphatic heterocycles. The van der Waals surface area contributed by atoms with Crippen LogP contribution in [0.3, 0.4) is 0 Å². The molecule has 1 aromatic rings. The zero-order chi connectivity index (χ0) is 16.2. The molecule has 0 radical (unpaired) electrons. The lowest BCUT2D eigenvalue weighted by Crippen LogP contribution is -2.41. The Morgan fingerprint density at radius 3 is 2.52 bits per heavy atom. The minimum Gasteiger partial charge on any atom is -0.390 e. The van der Waals surface area contributed by atoms with E-state index in [1.165, 1.54) is 11.1 Å². The molecule has 1 atom stereocenters. The first-order chi connectivity index (χ1) is 11.1. The average molecular weight is 317 g/mol. The van der Waals surface area contributed by atoms with Gasteiger partial charge in [0.2, 0.25) is 5.91 Å². The second-order valence-corrected chi connectivity index (χ2v) is 6.85. The van der Waals surface area contributed by atoms with Gasteiger partial charge in [-0.3, -0.25) is 14.6 Å². The number of benzene rings is 1. The quantitative estimate of drug-likeness (QED) is 0.825. The number of nitrogens with two attached hydrogens (primary N) is 1. The summed E-state index contributed by atoms with van der Waals surface area (Å²) in [6.45, 7) is 4.19. The summed E-state index contributed by atoms with van der Waals surface area (Å²) in [6, 6.07) is 9.17. The second kappa shape index (κ2) is 7.43. The smallest absolute Gasteiger partial charge is 0.217 e. The van der Waals surface area contributed by atoms with Crippen molar-refractivity contribution in [2.24, 2.45) is 5.73 Å². The van der Waals surface area contributed by atoms with Crippen LogP contribution in [0.1, 0.15) is 24.0 Å². The molecule has 2 aliphatic rings. The van der Waals surface area contributed by atoms with E-state index in [0.717, 1.165) is 45.4 Å². The van der Waals surface area contributed by atoms with Crippen LogP contribution in [-0.2, 0) is 17.6 Å². The molecule has 0 spiro atoms. The number of hydrogen-bond donors (Lipinski definition) is 2. The van der Waals surface area contributed by atoms with Gasteiger partial charge in [-0.1, -0.05) is 24.3 Å². The van der Waals surface area contributed by atoms with Gasteiger partial charge in [0, 0.05) is 38.6 Å². The molecule has 1 fully saturated rings. The summed E-state index contributed by atoms with van der Waals surface area (Å²) in [7, 11) is 0. The number of nitrogens with zero attached hydrogens (tertiary/aromatic N) is 2. The van der Waals surface area contributed by atoms with Crippen LogP contribution in [0.5, 0.6) is 0 Å². The fourth-order valence-electron chi connectivity index (χ4n) is 3.88. The van der Waals surface area contributed by atoms with E-state index in [1.54, 1.807) is 0 Å². The zero-order valence-electron chi connectivity index (χ0n) is 13.7. The minimum absolute atomic E-state index is 0.245. The van der Waals surface area contributed by atoms with Gasteiger partial charge in [-0.25, -0.2) is 0 Å². The molecule has 1 unspecified atom stereocenters. The molecule has 1 aliphatic carbocycles. The molecule has 0 bridgehead atoms. The number of amides is 1. The predicted molar refractivity (Wildman–Crippen MR) is 90.1 cm³/mol. The molecule has 5 nitrogen and oxygen atoms in total. The first-order valence-corrected chi connectivity index (χ1v) is 8.61. The van der Waals surface area contributed by atoms with Crippen LogP contribution < -0.4 is 5.73 Å². The summed E-state index contributed by atoms with van der Waals surface area (Å²) in [5.41, 5.74) is 8.10. The predicted octanol–water partition coefficient (Wildman–Crippen LogP) is 0.398. The van der Waals surface area contributed by atoms with Crippen LogP contribution in [0.25, 0.3) is 0 Å². The highest BCUT2D eigenvalue weighted by molar-refractivity contribution is 5.73. The van der Waals surface area contributed by atoms with Gasteiger partial charge >= 0.3 is 0 Å². The molecule has 1 aromatic carbocycles. The van der Waals surface area contributed by atoms with Gasteiger partial charge in [0.05, 0.1) is 6.10 Å². The van der Waals surface area contributed by atoms with Crippen LogP contribution in [-0.4, -0.2) is 65.7 Å². The number of aliphatic hydroxyl groups excluding tert-OH is 1. The van der Waals surface area contributed by atoms with Crippen LogP contribution in [0.15, 0.2) is 24.3 Å². The molecule has 0 saturated carbocycles. The maximum atomic E-state index is 10.9. The van der Waals surface area contributed by atoms with E-state index in [1.807, 2.05) is 0 Å².